The number of halogens is 2. The average Bonchev–Trinajstić information content (AvgIpc) is 3.25. The van der Waals surface area contributed by atoms with Crippen LogP contribution in [0.1, 0.15) is 46.0 Å². The summed E-state index contributed by atoms with van der Waals surface area (Å²) in [7, 11) is 3.68. The van der Waals surface area contributed by atoms with Crippen molar-refractivity contribution in [3.63, 3.8) is 0 Å². The zero-order valence-electron chi connectivity index (χ0n) is 23.3. The molecular weight excluding hydrogens is 553 g/mol. The van der Waals surface area contributed by atoms with E-state index < -0.39 is 6.04 Å². The van der Waals surface area contributed by atoms with E-state index in [-0.39, 0.29) is 30.4 Å². The Kier molecular flexibility index (Phi) is 9.41. The summed E-state index contributed by atoms with van der Waals surface area (Å²) in [5.41, 5.74) is 2.81. The molecule has 4 rings (SSSR count). The standard InChI is InChI=1S/C29H35Cl2N5O4/c1-17-13-36(19(3)16-37)29(39)21-7-6-8-24(32-28(38)25-11-18(2)33-35(25)5)27(21)40-26(17)15-34(4)14-20-9-10-22(30)23(31)12-20/h6-12,17,19,26,37H,13-16H2,1-5H3,(H,32,38)/t17-,19-,26-/m1/s1. The van der Waals surface area contributed by atoms with Crippen molar-refractivity contribution in [2.24, 2.45) is 13.0 Å². The van der Waals surface area contributed by atoms with Gasteiger partial charge in [-0.3, -0.25) is 19.2 Å². The molecule has 0 unspecified atom stereocenters. The van der Waals surface area contributed by atoms with Crippen LogP contribution in [0.3, 0.4) is 0 Å². The third-order valence-electron chi connectivity index (χ3n) is 7.10. The third-order valence-corrected chi connectivity index (χ3v) is 7.84. The first-order chi connectivity index (χ1) is 19.0. The molecule has 0 radical (unpaired) electrons. The summed E-state index contributed by atoms with van der Waals surface area (Å²) in [5, 5.41) is 18.1. The second-order valence-corrected chi connectivity index (χ2v) is 11.3. The minimum absolute atomic E-state index is 0.0918. The number of anilines is 1. The maximum atomic E-state index is 13.7. The second kappa shape index (κ2) is 12.6. The zero-order chi connectivity index (χ0) is 29.1. The van der Waals surface area contributed by atoms with Crippen molar-refractivity contribution in [3.8, 4) is 5.75 Å². The van der Waals surface area contributed by atoms with Crippen molar-refractivity contribution in [1.82, 2.24) is 19.6 Å². The molecule has 2 N–H and O–H groups in total. The van der Waals surface area contributed by atoms with Crippen molar-refractivity contribution in [3.05, 3.63) is 75.0 Å². The fourth-order valence-electron chi connectivity index (χ4n) is 4.89. The van der Waals surface area contributed by atoms with Crippen LogP contribution in [0.25, 0.3) is 0 Å². The molecule has 0 fully saturated rings. The lowest BCUT2D eigenvalue weighted by Gasteiger charge is -2.38. The number of rotatable bonds is 8. The van der Waals surface area contributed by atoms with E-state index in [2.05, 4.69) is 15.3 Å². The Morgan fingerprint density at radius 2 is 2.00 bits per heavy atom. The van der Waals surface area contributed by atoms with Crippen molar-refractivity contribution < 1.29 is 19.4 Å². The number of nitrogens with one attached hydrogen (secondary N) is 1. The van der Waals surface area contributed by atoms with Crippen LogP contribution in [-0.2, 0) is 13.6 Å². The molecule has 2 amide bonds. The van der Waals surface area contributed by atoms with E-state index in [1.54, 1.807) is 42.3 Å². The number of ether oxygens (including phenoxy) is 1. The highest BCUT2D eigenvalue weighted by Gasteiger charge is 2.34. The lowest BCUT2D eigenvalue weighted by molar-refractivity contribution is 0.0343. The highest BCUT2D eigenvalue weighted by atomic mass is 35.5. The molecule has 3 aromatic rings. The number of aryl methyl sites for hydroxylation is 2. The van der Waals surface area contributed by atoms with Crippen molar-refractivity contribution >= 4 is 40.7 Å². The number of aliphatic hydroxyl groups is 1. The maximum Gasteiger partial charge on any atom is 0.274 e. The summed E-state index contributed by atoms with van der Waals surface area (Å²) in [5.74, 6) is -0.421. The molecule has 0 aliphatic carbocycles. The van der Waals surface area contributed by atoms with Gasteiger partial charge in [-0.15, -0.1) is 0 Å². The van der Waals surface area contributed by atoms with E-state index in [0.29, 0.717) is 52.4 Å². The monoisotopic (exact) mass is 587 g/mol. The van der Waals surface area contributed by atoms with Crippen LogP contribution in [0.2, 0.25) is 10.0 Å². The summed E-state index contributed by atoms with van der Waals surface area (Å²) in [6.45, 7) is 7.00. The van der Waals surface area contributed by atoms with Gasteiger partial charge in [0.2, 0.25) is 0 Å². The number of amides is 2. The Bertz CT molecular complexity index is 1390. The summed E-state index contributed by atoms with van der Waals surface area (Å²) in [6.07, 6.45) is -0.343. The molecule has 2 heterocycles. The normalized spacial score (nSPS) is 18.1. The summed E-state index contributed by atoms with van der Waals surface area (Å²) < 4.78 is 8.11. The molecule has 11 heteroatoms. The number of hydrogen-bond acceptors (Lipinski definition) is 6. The number of carbonyl (C=O) groups excluding carboxylic acids is 2. The predicted molar refractivity (Wildman–Crippen MR) is 156 cm³/mol. The number of hydrogen-bond donors (Lipinski definition) is 2. The molecule has 1 aliphatic heterocycles. The molecule has 0 bridgehead atoms. The van der Waals surface area contributed by atoms with E-state index in [4.69, 9.17) is 27.9 Å². The van der Waals surface area contributed by atoms with Crippen LogP contribution in [-0.4, -0.2) is 75.4 Å². The Labute approximate surface area is 244 Å². The lowest BCUT2D eigenvalue weighted by atomic mass is 9.98. The van der Waals surface area contributed by atoms with Crippen LogP contribution >= 0.6 is 23.2 Å². The number of carbonyl (C=O) groups is 2. The lowest BCUT2D eigenvalue weighted by Crippen LogP contribution is -2.49. The minimum Gasteiger partial charge on any atom is -0.486 e. The Hall–Kier alpha value is -3.11. The molecular formula is C29H35Cl2N5O4. The fourth-order valence-corrected chi connectivity index (χ4v) is 5.21. The second-order valence-electron chi connectivity index (χ2n) is 10.5. The number of benzene rings is 2. The predicted octanol–water partition coefficient (Wildman–Crippen LogP) is 4.64. The average molecular weight is 589 g/mol. The summed E-state index contributed by atoms with van der Waals surface area (Å²) in [4.78, 5) is 30.7. The molecule has 0 saturated heterocycles. The van der Waals surface area contributed by atoms with Crippen LogP contribution in [0.5, 0.6) is 5.75 Å². The van der Waals surface area contributed by atoms with E-state index in [9.17, 15) is 14.7 Å². The molecule has 1 aromatic heterocycles. The van der Waals surface area contributed by atoms with E-state index >= 15 is 0 Å². The third kappa shape index (κ3) is 6.61. The minimum atomic E-state index is -0.397. The van der Waals surface area contributed by atoms with Gasteiger partial charge in [-0.05, 0) is 56.8 Å². The van der Waals surface area contributed by atoms with Crippen LogP contribution in [0.15, 0.2) is 42.5 Å². The molecule has 214 valence electrons. The Morgan fingerprint density at radius 1 is 1.25 bits per heavy atom. The largest absolute Gasteiger partial charge is 0.486 e. The van der Waals surface area contributed by atoms with Gasteiger partial charge in [0.25, 0.3) is 11.8 Å². The molecule has 40 heavy (non-hydrogen) atoms. The van der Waals surface area contributed by atoms with Crippen LogP contribution in [0.4, 0.5) is 5.69 Å². The number of aromatic nitrogens is 2. The number of aliphatic hydroxyl groups excluding tert-OH is 1. The van der Waals surface area contributed by atoms with Gasteiger partial charge >= 0.3 is 0 Å². The molecule has 2 aromatic carbocycles. The van der Waals surface area contributed by atoms with Gasteiger partial charge < -0.3 is 20.1 Å². The highest BCUT2D eigenvalue weighted by Crippen LogP contribution is 2.35. The quantitative estimate of drug-likeness (QED) is 0.398. The molecule has 0 saturated carbocycles. The zero-order valence-corrected chi connectivity index (χ0v) is 24.8. The van der Waals surface area contributed by atoms with Gasteiger partial charge in [0.15, 0.2) is 5.75 Å². The number of para-hydroxylation sites is 1. The first kappa shape index (κ1) is 29.9. The number of fused-ring (bicyclic) bond motifs is 1. The molecule has 9 nitrogen and oxygen atoms in total. The first-order valence-corrected chi connectivity index (χ1v) is 13.9. The van der Waals surface area contributed by atoms with E-state index in [1.807, 2.05) is 40.0 Å². The van der Waals surface area contributed by atoms with Gasteiger partial charge in [-0.1, -0.05) is 42.3 Å². The SMILES string of the molecule is Cc1cc(C(=O)Nc2cccc3c2O[C@H](CN(C)Cc2ccc(Cl)c(Cl)c2)[C@H](C)CN([C@H](C)CO)C3=O)n(C)n1. The highest BCUT2D eigenvalue weighted by molar-refractivity contribution is 6.42. The summed E-state index contributed by atoms with van der Waals surface area (Å²) >= 11 is 12.3. The van der Waals surface area contributed by atoms with Crippen molar-refractivity contribution in [2.75, 3.05) is 32.1 Å². The van der Waals surface area contributed by atoms with Crippen molar-refractivity contribution in [1.29, 1.82) is 0 Å². The van der Waals surface area contributed by atoms with Gasteiger partial charge in [0, 0.05) is 32.6 Å². The van der Waals surface area contributed by atoms with Gasteiger partial charge in [-0.25, -0.2) is 0 Å². The topological polar surface area (TPSA) is 99.9 Å². The van der Waals surface area contributed by atoms with E-state index in [0.717, 1.165) is 11.3 Å². The number of nitrogens with zero attached hydrogens (tertiary/aromatic N) is 4. The maximum absolute atomic E-state index is 13.7. The van der Waals surface area contributed by atoms with Crippen LogP contribution < -0.4 is 10.1 Å². The smallest absolute Gasteiger partial charge is 0.274 e. The molecule has 1 aliphatic rings. The van der Waals surface area contributed by atoms with Crippen LogP contribution in [0, 0.1) is 12.8 Å². The molecule has 3 atom stereocenters. The van der Waals surface area contributed by atoms with Crippen molar-refractivity contribution in [2.45, 2.75) is 39.5 Å². The Morgan fingerprint density at radius 3 is 2.65 bits per heavy atom. The number of likely N-dealkylation sites (N-methyl/N-ethyl adjacent to an activating group) is 1. The Balaban J connectivity index is 1.67. The van der Waals surface area contributed by atoms with E-state index in [1.165, 1.54) is 4.68 Å². The van der Waals surface area contributed by atoms with Gasteiger partial charge in [0.1, 0.15) is 11.8 Å². The summed E-state index contributed by atoms with van der Waals surface area (Å²) in [6, 6.07) is 12.0. The van der Waals surface area contributed by atoms with Gasteiger partial charge in [0.05, 0.1) is 39.6 Å². The fraction of sp³-hybridized carbons (Fsp3) is 0.414. The van der Waals surface area contributed by atoms with Gasteiger partial charge in [-0.2, -0.15) is 5.10 Å². The first-order valence-electron chi connectivity index (χ1n) is 13.1. The molecule has 0 spiro atoms.